The van der Waals surface area contributed by atoms with E-state index < -0.39 is 35.1 Å². The fourth-order valence-corrected chi connectivity index (χ4v) is 6.05. The average molecular weight is 593 g/mol. The van der Waals surface area contributed by atoms with Gasteiger partial charge in [-0.1, -0.05) is 35.9 Å². The van der Waals surface area contributed by atoms with Gasteiger partial charge in [0.2, 0.25) is 0 Å². The molecular formula is C32H31F3N4O4. The van der Waals surface area contributed by atoms with Gasteiger partial charge in [0.25, 0.3) is 5.91 Å². The number of aromatic nitrogens is 3. The van der Waals surface area contributed by atoms with Crippen molar-refractivity contribution < 1.29 is 32.6 Å². The summed E-state index contributed by atoms with van der Waals surface area (Å²) in [5, 5.41) is 18.4. The molecule has 0 spiro atoms. The van der Waals surface area contributed by atoms with Gasteiger partial charge in [-0.3, -0.25) is 9.59 Å². The summed E-state index contributed by atoms with van der Waals surface area (Å²) in [7, 11) is 0. The Bertz CT molecular complexity index is 1680. The fourth-order valence-electron chi connectivity index (χ4n) is 6.05. The number of carboxylic acid groups (broad SMARTS) is 1. The van der Waals surface area contributed by atoms with E-state index in [0.717, 1.165) is 53.1 Å². The number of hydrogen-bond acceptors (Lipinski definition) is 5. The molecule has 0 saturated heterocycles. The quantitative estimate of drug-likeness (QED) is 0.297. The van der Waals surface area contributed by atoms with E-state index >= 15 is 0 Å². The number of carbonyl (C=O) groups is 2. The normalized spacial score (nSPS) is 18.0. The zero-order valence-electron chi connectivity index (χ0n) is 23.4. The number of carbonyl (C=O) groups excluding carboxylic acids is 1. The Morgan fingerprint density at radius 1 is 0.953 bits per heavy atom. The molecule has 6 heterocycles. The Morgan fingerprint density at radius 3 is 2.56 bits per heavy atom. The van der Waals surface area contributed by atoms with Crippen molar-refractivity contribution in [1.82, 2.24) is 19.9 Å². The molecule has 0 aliphatic carbocycles. The monoisotopic (exact) mass is 592 g/mol. The van der Waals surface area contributed by atoms with Gasteiger partial charge in [-0.05, 0) is 78.3 Å². The van der Waals surface area contributed by atoms with Crippen LogP contribution in [0.5, 0.6) is 5.75 Å². The van der Waals surface area contributed by atoms with Crippen molar-refractivity contribution in [3.63, 3.8) is 0 Å². The number of nitrogens with zero attached hydrogens (tertiary/aromatic N) is 4. The second-order valence-corrected chi connectivity index (χ2v) is 11.2. The minimum Gasteiger partial charge on any atom is -0.494 e. The molecule has 1 amide bonds. The fraction of sp³-hybridized carbons (Fsp3) is 0.375. The highest BCUT2D eigenvalue weighted by molar-refractivity contribution is 5.96. The Morgan fingerprint density at radius 2 is 1.74 bits per heavy atom. The first kappa shape index (κ1) is 28.7. The summed E-state index contributed by atoms with van der Waals surface area (Å²) in [5.74, 6) is -2.08. The maximum absolute atomic E-state index is 14.1. The minimum absolute atomic E-state index is 0.0774. The van der Waals surface area contributed by atoms with Crippen LogP contribution in [0.4, 0.5) is 13.2 Å². The number of carboxylic acids is 1. The highest BCUT2D eigenvalue weighted by atomic mass is 19.4. The lowest BCUT2D eigenvalue weighted by Crippen LogP contribution is -2.37. The number of aryl methyl sites for hydroxylation is 1. The van der Waals surface area contributed by atoms with Crippen molar-refractivity contribution in [2.24, 2.45) is 0 Å². The van der Waals surface area contributed by atoms with Crippen LogP contribution in [0.1, 0.15) is 76.2 Å². The predicted octanol–water partition coefficient (Wildman–Crippen LogP) is 6.21. The molecule has 224 valence electrons. The molecular weight excluding hydrogens is 561 g/mol. The summed E-state index contributed by atoms with van der Waals surface area (Å²) >= 11 is 0. The van der Waals surface area contributed by atoms with Crippen LogP contribution in [-0.2, 0) is 30.5 Å². The van der Waals surface area contributed by atoms with E-state index in [9.17, 15) is 27.9 Å². The van der Waals surface area contributed by atoms with E-state index in [4.69, 9.17) is 4.74 Å². The molecule has 0 saturated carbocycles. The molecule has 4 aromatic rings. The standard InChI is InChI=1S/C32H31F3N4O4/c33-32(34,35)27-17-24-8-9-25(27)31(42)38-13-11-20-5-6-21(15-23(20)19-38)26(18-30(40)41)22-7-10-29-28(16-22)36-37-39(29)12-3-1-2-4-14-43-24/h5-10,15-17,26H,1-4,11-14,18-19H2,(H,40,41). The first-order valence-electron chi connectivity index (χ1n) is 14.5. The molecule has 9 bridgehead atoms. The number of halogens is 3. The van der Waals surface area contributed by atoms with Gasteiger partial charge in [0, 0.05) is 25.6 Å². The molecule has 9 rings (SSSR count). The predicted molar refractivity (Wildman–Crippen MR) is 152 cm³/mol. The number of hydrogen-bond donors (Lipinski definition) is 1. The highest BCUT2D eigenvalue weighted by Gasteiger charge is 2.37. The Labute approximate surface area is 246 Å². The van der Waals surface area contributed by atoms with Crippen molar-refractivity contribution in [3.8, 4) is 5.75 Å². The molecule has 3 aromatic carbocycles. The van der Waals surface area contributed by atoms with Crippen LogP contribution in [0.15, 0.2) is 54.6 Å². The maximum atomic E-state index is 14.1. The Balaban J connectivity index is 1.39. The van der Waals surface area contributed by atoms with Crippen LogP contribution in [0.3, 0.4) is 0 Å². The topological polar surface area (TPSA) is 97.6 Å². The van der Waals surface area contributed by atoms with Crippen molar-refractivity contribution in [2.75, 3.05) is 13.2 Å². The largest absolute Gasteiger partial charge is 0.494 e. The summed E-state index contributed by atoms with van der Waals surface area (Å²) in [6.07, 6.45) is -1.22. The Kier molecular flexibility index (Phi) is 7.81. The number of amides is 1. The third-order valence-electron chi connectivity index (χ3n) is 8.31. The van der Waals surface area contributed by atoms with Crippen LogP contribution in [0.25, 0.3) is 11.0 Å². The van der Waals surface area contributed by atoms with Gasteiger partial charge in [0.15, 0.2) is 0 Å². The lowest BCUT2D eigenvalue weighted by atomic mass is 9.85. The van der Waals surface area contributed by atoms with Crippen LogP contribution in [-0.4, -0.2) is 50.0 Å². The second kappa shape index (κ2) is 11.7. The van der Waals surface area contributed by atoms with E-state index in [1.165, 1.54) is 17.0 Å². The third kappa shape index (κ3) is 6.07. The van der Waals surface area contributed by atoms with E-state index in [1.807, 2.05) is 41.1 Å². The van der Waals surface area contributed by atoms with Gasteiger partial charge < -0.3 is 14.7 Å². The van der Waals surface area contributed by atoms with Crippen LogP contribution >= 0.6 is 0 Å². The molecule has 0 radical (unpaired) electrons. The van der Waals surface area contributed by atoms with Crippen LogP contribution < -0.4 is 4.74 Å². The van der Waals surface area contributed by atoms with Crippen molar-refractivity contribution >= 4 is 22.9 Å². The van der Waals surface area contributed by atoms with Crippen molar-refractivity contribution in [2.45, 2.75) is 63.7 Å². The summed E-state index contributed by atoms with van der Waals surface area (Å²) in [5.41, 5.74) is 3.40. The van der Waals surface area contributed by atoms with Gasteiger partial charge in [-0.15, -0.1) is 5.10 Å². The number of rotatable bonds is 2. The third-order valence-corrected chi connectivity index (χ3v) is 8.31. The van der Waals surface area contributed by atoms with Crippen LogP contribution in [0.2, 0.25) is 0 Å². The molecule has 11 heteroatoms. The van der Waals surface area contributed by atoms with Gasteiger partial charge >= 0.3 is 12.1 Å². The second-order valence-electron chi connectivity index (χ2n) is 11.2. The van der Waals surface area contributed by atoms with E-state index in [-0.39, 0.29) is 31.9 Å². The zero-order valence-corrected chi connectivity index (χ0v) is 23.4. The summed E-state index contributed by atoms with van der Waals surface area (Å²) in [6.45, 7) is 1.31. The lowest BCUT2D eigenvalue weighted by Gasteiger charge is -2.31. The zero-order chi connectivity index (χ0) is 30.1. The molecule has 5 aliphatic rings. The van der Waals surface area contributed by atoms with E-state index in [2.05, 4.69) is 10.3 Å². The maximum Gasteiger partial charge on any atom is 0.417 e. The molecule has 1 atom stereocenters. The lowest BCUT2D eigenvalue weighted by molar-refractivity contribution is -0.138. The van der Waals surface area contributed by atoms with Crippen LogP contribution in [0, 0.1) is 0 Å². The van der Waals surface area contributed by atoms with Gasteiger partial charge in [0.1, 0.15) is 11.3 Å². The van der Waals surface area contributed by atoms with Gasteiger partial charge in [-0.2, -0.15) is 13.2 Å². The minimum atomic E-state index is -4.73. The van der Waals surface area contributed by atoms with Gasteiger partial charge in [0.05, 0.1) is 29.7 Å². The molecule has 8 nitrogen and oxygen atoms in total. The summed E-state index contributed by atoms with van der Waals surface area (Å²) < 4.78 is 49.8. The molecule has 1 aromatic heterocycles. The van der Waals surface area contributed by atoms with Gasteiger partial charge in [-0.25, -0.2) is 4.68 Å². The SMILES string of the molecule is O=C(O)CC1c2ccc3c(c2)CN(CC3)C(=O)c2ccc(cc2C(F)(F)F)OCCCCCCn2nnc3cc1ccc32. The molecule has 0 fully saturated rings. The molecule has 43 heavy (non-hydrogen) atoms. The number of ether oxygens (including phenoxy) is 1. The number of alkyl halides is 3. The first-order valence-corrected chi connectivity index (χ1v) is 14.5. The number of benzene rings is 3. The smallest absolute Gasteiger partial charge is 0.417 e. The first-order chi connectivity index (χ1) is 20.7. The van der Waals surface area contributed by atoms with Crippen molar-refractivity contribution in [3.05, 3.63) is 88.0 Å². The van der Waals surface area contributed by atoms with E-state index in [1.54, 1.807) is 0 Å². The average Bonchev–Trinajstić information content (AvgIpc) is 3.39. The van der Waals surface area contributed by atoms with Crippen molar-refractivity contribution in [1.29, 1.82) is 0 Å². The van der Waals surface area contributed by atoms with E-state index in [0.29, 0.717) is 24.9 Å². The Hall–Kier alpha value is -4.41. The molecule has 1 unspecified atom stereocenters. The highest BCUT2D eigenvalue weighted by Crippen LogP contribution is 2.37. The summed E-state index contributed by atoms with van der Waals surface area (Å²) in [4.78, 5) is 26.9. The molecule has 1 N–H and O–H groups in total. The molecule has 5 aliphatic heterocycles. The number of aliphatic carboxylic acids is 1. The summed E-state index contributed by atoms with van der Waals surface area (Å²) in [6, 6.07) is 14.9.